The normalized spacial score (nSPS) is 16.9. The maximum absolute atomic E-state index is 11.7. The molecule has 122 valence electrons. The van der Waals surface area contributed by atoms with Crippen molar-refractivity contribution in [2.45, 2.75) is 20.0 Å². The fourth-order valence-electron chi connectivity index (χ4n) is 1.27. The molecular formula is C12H29NO6P+. The van der Waals surface area contributed by atoms with Crippen LogP contribution in [0.4, 0.5) is 0 Å². The van der Waals surface area contributed by atoms with Gasteiger partial charge in [0.15, 0.2) is 0 Å². The average Bonchev–Trinajstić information content (AvgIpc) is 2.31. The molecule has 20 heavy (non-hydrogen) atoms. The van der Waals surface area contributed by atoms with Crippen LogP contribution in [0.25, 0.3) is 0 Å². The fourth-order valence-corrected chi connectivity index (χ4v) is 2.02. The van der Waals surface area contributed by atoms with Crippen molar-refractivity contribution in [1.82, 2.24) is 0 Å². The second kappa shape index (κ2) is 9.84. The van der Waals surface area contributed by atoms with Gasteiger partial charge in [-0.2, -0.15) is 0 Å². The Morgan fingerprint density at radius 2 is 1.75 bits per heavy atom. The van der Waals surface area contributed by atoms with E-state index in [-0.39, 0.29) is 19.3 Å². The van der Waals surface area contributed by atoms with Crippen LogP contribution in [0.5, 0.6) is 0 Å². The summed E-state index contributed by atoms with van der Waals surface area (Å²) in [5, 5.41) is 0. The van der Waals surface area contributed by atoms with Gasteiger partial charge in [0.25, 0.3) is 0 Å². The highest BCUT2D eigenvalue weighted by atomic mass is 31.2. The van der Waals surface area contributed by atoms with Crippen molar-refractivity contribution in [2.75, 3.05) is 60.7 Å². The van der Waals surface area contributed by atoms with Gasteiger partial charge >= 0.3 is 7.82 Å². The Bertz CT molecular complexity index is 294. The van der Waals surface area contributed by atoms with Crippen LogP contribution in [0.2, 0.25) is 0 Å². The largest absolute Gasteiger partial charge is 0.472 e. The Kier molecular flexibility index (Phi) is 9.84. The summed E-state index contributed by atoms with van der Waals surface area (Å²) in [5.74, 6) is 0. The van der Waals surface area contributed by atoms with Crippen LogP contribution in [-0.2, 0) is 23.1 Å². The number of nitrogens with zero attached hydrogens (tertiary/aromatic N) is 1. The SMILES string of the molecule is CCOCC(COP(=O)(O)OCC[N+](C)(C)C)OCC. The zero-order chi connectivity index (χ0) is 15.6. The van der Waals surface area contributed by atoms with Crippen molar-refractivity contribution < 1.29 is 32.5 Å². The first-order valence-corrected chi connectivity index (χ1v) is 8.31. The molecule has 1 N–H and O–H groups in total. The first-order valence-electron chi connectivity index (χ1n) is 6.82. The molecule has 0 amide bonds. The summed E-state index contributed by atoms with van der Waals surface area (Å²) in [7, 11) is 1.88. The zero-order valence-corrected chi connectivity index (χ0v) is 14.1. The van der Waals surface area contributed by atoms with Gasteiger partial charge in [-0.3, -0.25) is 9.05 Å². The predicted molar refractivity (Wildman–Crippen MR) is 76.5 cm³/mol. The van der Waals surface area contributed by atoms with E-state index in [9.17, 15) is 9.46 Å². The van der Waals surface area contributed by atoms with E-state index in [2.05, 4.69) is 0 Å². The lowest BCUT2D eigenvalue weighted by Crippen LogP contribution is -2.37. The number of phosphoric acid groups is 1. The summed E-state index contributed by atoms with van der Waals surface area (Å²) < 4.78 is 32.8. The molecule has 0 aliphatic rings. The van der Waals surface area contributed by atoms with E-state index in [1.54, 1.807) is 0 Å². The van der Waals surface area contributed by atoms with Gasteiger partial charge in [0.1, 0.15) is 19.3 Å². The van der Waals surface area contributed by atoms with Crippen molar-refractivity contribution in [1.29, 1.82) is 0 Å². The van der Waals surface area contributed by atoms with Crippen molar-refractivity contribution >= 4 is 7.82 Å². The van der Waals surface area contributed by atoms with E-state index in [0.29, 0.717) is 30.8 Å². The average molecular weight is 314 g/mol. The summed E-state index contributed by atoms with van der Waals surface area (Å²) in [4.78, 5) is 9.56. The highest BCUT2D eigenvalue weighted by Gasteiger charge is 2.24. The van der Waals surface area contributed by atoms with Gasteiger partial charge in [0, 0.05) is 13.2 Å². The van der Waals surface area contributed by atoms with Gasteiger partial charge in [0.2, 0.25) is 0 Å². The minimum absolute atomic E-state index is 0.0357. The van der Waals surface area contributed by atoms with Crippen molar-refractivity contribution in [3.8, 4) is 0 Å². The molecule has 0 aliphatic carbocycles. The Morgan fingerprint density at radius 3 is 2.25 bits per heavy atom. The molecule has 0 aromatic heterocycles. The first kappa shape index (κ1) is 20.0. The fraction of sp³-hybridized carbons (Fsp3) is 1.00. The summed E-state index contributed by atoms with van der Waals surface area (Å²) >= 11 is 0. The Hall–Kier alpha value is -0.0100. The highest BCUT2D eigenvalue weighted by Crippen LogP contribution is 2.43. The van der Waals surface area contributed by atoms with E-state index in [1.165, 1.54) is 0 Å². The minimum atomic E-state index is -4.03. The summed E-state index contributed by atoms with van der Waals surface area (Å²) in [6.45, 7) is 5.81. The topological polar surface area (TPSA) is 74.2 Å². The van der Waals surface area contributed by atoms with Crippen LogP contribution in [0.1, 0.15) is 13.8 Å². The van der Waals surface area contributed by atoms with E-state index in [1.807, 2.05) is 35.0 Å². The molecular weight excluding hydrogens is 285 g/mol. The predicted octanol–water partition coefficient (Wildman–Crippen LogP) is 1.27. The van der Waals surface area contributed by atoms with Crippen LogP contribution in [0.3, 0.4) is 0 Å². The maximum atomic E-state index is 11.7. The number of ether oxygens (including phenoxy) is 2. The van der Waals surface area contributed by atoms with E-state index >= 15 is 0 Å². The molecule has 0 saturated carbocycles. The third-order valence-electron chi connectivity index (χ3n) is 2.35. The lowest BCUT2D eigenvalue weighted by atomic mass is 10.4. The number of likely N-dealkylation sites (N-methyl/N-ethyl adjacent to an activating group) is 1. The standard InChI is InChI=1S/C12H28NO6P/c1-6-16-10-12(17-7-2)11-19-20(14,15)18-9-8-13(3,4)5/h12H,6-11H2,1-5H3/p+1. The summed E-state index contributed by atoms with van der Waals surface area (Å²) in [6, 6.07) is 0. The smallest absolute Gasteiger partial charge is 0.379 e. The van der Waals surface area contributed by atoms with Gasteiger partial charge in [-0.15, -0.1) is 0 Å². The molecule has 0 aromatic rings. The third kappa shape index (κ3) is 11.8. The van der Waals surface area contributed by atoms with Crippen molar-refractivity contribution in [2.24, 2.45) is 0 Å². The maximum Gasteiger partial charge on any atom is 0.472 e. The van der Waals surface area contributed by atoms with Gasteiger partial charge in [-0.1, -0.05) is 0 Å². The zero-order valence-electron chi connectivity index (χ0n) is 13.2. The van der Waals surface area contributed by atoms with E-state index < -0.39 is 7.82 Å². The van der Waals surface area contributed by atoms with Crippen LogP contribution in [0, 0.1) is 0 Å². The number of hydrogen-bond donors (Lipinski definition) is 1. The third-order valence-corrected chi connectivity index (χ3v) is 3.33. The highest BCUT2D eigenvalue weighted by molar-refractivity contribution is 7.47. The Morgan fingerprint density at radius 1 is 1.10 bits per heavy atom. The van der Waals surface area contributed by atoms with Crippen LogP contribution < -0.4 is 0 Å². The van der Waals surface area contributed by atoms with E-state index in [0.717, 1.165) is 0 Å². The number of phosphoric ester groups is 1. The van der Waals surface area contributed by atoms with Gasteiger partial charge in [-0.05, 0) is 13.8 Å². The molecule has 0 saturated heterocycles. The van der Waals surface area contributed by atoms with Gasteiger partial charge in [-0.25, -0.2) is 4.57 Å². The molecule has 0 heterocycles. The number of rotatable bonds is 12. The number of quaternary nitrogens is 1. The number of hydrogen-bond acceptors (Lipinski definition) is 5. The molecule has 7 nitrogen and oxygen atoms in total. The van der Waals surface area contributed by atoms with Gasteiger partial charge < -0.3 is 18.9 Å². The lowest BCUT2D eigenvalue weighted by molar-refractivity contribution is -0.870. The molecule has 0 fully saturated rings. The lowest BCUT2D eigenvalue weighted by Gasteiger charge is -2.24. The first-order chi connectivity index (χ1) is 9.20. The molecule has 8 heteroatoms. The molecule has 0 aliphatic heterocycles. The molecule has 0 spiro atoms. The Balaban J connectivity index is 4.06. The Labute approximate surface area is 122 Å². The van der Waals surface area contributed by atoms with Crippen LogP contribution >= 0.6 is 7.82 Å². The molecule has 2 unspecified atom stereocenters. The van der Waals surface area contributed by atoms with Gasteiger partial charge in [0.05, 0.1) is 34.4 Å². The summed E-state index contributed by atoms with van der Waals surface area (Å²) in [6.07, 6.45) is -0.373. The van der Waals surface area contributed by atoms with Crippen molar-refractivity contribution in [3.05, 3.63) is 0 Å². The molecule has 0 rings (SSSR count). The van der Waals surface area contributed by atoms with Crippen LogP contribution in [0.15, 0.2) is 0 Å². The van der Waals surface area contributed by atoms with Crippen LogP contribution in [-0.4, -0.2) is 76.2 Å². The monoisotopic (exact) mass is 314 g/mol. The summed E-state index contributed by atoms with van der Waals surface area (Å²) in [5.41, 5.74) is 0. The molecule has 2 atom stereocenters. The molecule has 0 bridgehead atoms. The second-order valence-corrected chi connectivity index (χ2v) is 6.80. The quantitative estimate of drug-likeness (QED) is 0.432. The minimum Gasteiger partial charge on any atom is -0.379 e. The second-order valence-electron chi connectivity index (χ2n) is 5.35. The molecule has 0 radical (unpaired) electrons. The van der Waals surface area contributed by atoms with E-state index in [4.69, 9.17) is 18.5 Å². The molecule has 0 aromatic carbocycles. The van der Waals surface area contributed by atoms with Crippen molar-refractivity contribution in [3.63, 3.8) is 0 Å².